The van der Waals surface area contributed by atoms with Gasteiger partial charge < -0.3 is 15.7 Å². The Kier molecular flexibility index (Phi) is 11.8. The fraction of sp³-hybridized carbons (Fsp3) is 0.296. The monoisotopic (exact) mass is 645 g/mol. The predicted molar refractivity (Wildman–Crippen MR) is 155 cm³/mol. The van der Waals surface area contributed by atoms with Gasteiger partial charge in [0.1, 0.15) is 4.90 Å². The minimum absolute atomic E-state index is 0.0156. The van der Waals surface area contributed by atoms with E-state index in [1.807, 2.05) is 30.3 Å². The molecule has 0 aliphatic heterocycles. The van der Waals surface area contributed by atoms with Crippen molar-refractivity contribution in [1.29, 1.82) is 0 Å². The van der Waals surface area contributed by atoms with Crippen LogP contribution in [0.3, 0.4) is 0 Å². The van der Waals surface area contributed by atoms with Crippen molar-refractivity contribution in [3.8, 4) is 0 Å². The molecular formula is C27H30F3N3O6S3. The third kappa shape index (κ3) is 9.19. The van der Waals surface area contributed by atoms with Gasteiger partial charge >= 0.3 is 5.51 Å². The van der Waals surface area contributed by atoms with Crippen molar-refractivity contribution in [3.05, 3.63) is 84.4 Å². The minimum atomic E-state index is -6.01. The number of carbonyl (C=O) groups is 1. The van der Waals surface area contributed by atoms with E-state index < -0.39 is 52.8 Å². The first kappa shape index (κ1) is 33.4. The Hall–Kier alpha value is -3.11. The molecule has 0 aliphatic carbocycles. The zero-order valence-corrected chi connectivity index (χ0v) is 24.6. The molecule has 3 rings (SSSR count). The summed E-state index contributed by atoms with van der Waals surface area (Å²) in [5.74, 6) is -0.700. The van der Waals surface area contributed by atoms with E-state index in [0.29, 0.717) is 37.8 Å². The van der Waals surface area contributed by atoms with Gasteiger partial charge in [0.15, 0.2) is 0 Å². The van der Waals surface area contributed by atoms with E-state index in [1.165, 1.54) is 36.0 Å². The summed E-state index contributed by atoms with van der Waals surface area (Å²) in [4.78, 5) is 11.2. The molecule has 0 fully saturated rings. The molecule has 0 bridgehead atoms. The molecule has 0 saturated carbocycles. The lowest BCUT2D eigenvalue weighted by Gasteiger charge is -2.23. The van der Waals surface area contributed by atoms with Gasteiger partial charge in [-0.15, -0.1) is 11.8 Å². The van der Waals surface area contributed by atoms with Gasteiger partial charge in [0.25, 0.3) is 25.8 Å². The lowest BCUT2D eigenvalue weighted by atomic mass is 10.2. The fourth-order valence-corrected chi connectivity index (χ4v) is 6.72. The van der Waals surface area contributed by atoms with E-state index in [4.69, 9.17) is 5.11 Å². The summed E-state index contributed by atoms with van der Waals surface area (Å²) in [6.07, 6.45) is 0.867. The number of amides is 1. The predicted octanol–water partition coefficient (Wildman–Crippen LogP) is 4.03. The first-order chi connectivity index (χ1) is 19.8. The van der Waals surface area contributed by atoms with Crippen molar-refractivity contribution in [2.24, 2.45) is 0 Å². The van der Waals surface area contributed by atoms with Crippen molar-refractivity contribution >= 4 is 43.2 Å². The molecule has 1 atom stereocenters. The molecular weight excluding hydrogens is 616 g/mol. The maximum Gasteiger partial charge on any atom is 0.501 e. The highest BCUT2D eigenvalue weighted by molar-refractivity contribution is 7.99. The molecule has 0 aromatic heterocycles. The molecule has 0 heterocycles. The number of sulfonamides is 1. The molecule has 9 nitrogen and oxygen atoms in total. The maximum absolute atomic E-state index is 13.7. The molecule has 0 saturated heterocycles. The van der Waals surface area contributed by atoms with Crippen molar-refractivity contribution in [2.75, 3.05) is 30.8 Å². The lowest BCUT2D eigenvalue weighted by Crippen LogP contribution is -2.32. The summed E-state index contributed by atoms with van der Waals surface area (Å²) in [5, 5.41) is 14.9. The number of halogens is 3. The fourth-order valence-electron chi connectivity index (χ4n) is 3.70. The van der Waals surface area contributed by atoms with E-state index in [9.17, 15) is 34.8 Å². The largest absolute Gasteiger partial charge is 0.501 e. The molecule has 15 heteroatoms. The van der Waals surface area contributed by atoms with Gasteiger partial charge in [-0.05, 0) is 68.4 Å². The summed E-state index contributed by atoms with van der Waals surface area (Å²) in [5.41, 5.74) is -6.18. The van der Waals surface area contributed by atoms with E-state index in [-0.39, 0.29) is 12.2 Å². The average Bonchev–Trinajstić information content (AvgIpc) is 2.95. The van der Waals surface area contributed by atoms with Gasteiger partial charge in [-0.3, -0.25) is 4.79 Å². The first-order valence-corrected chi connectivity index (χ1v) is 16.6. The number of aliphatic hydroxyl groups excluding tert-OH is 1. The second-order valence-corrected chi connectivity index (χ2v) is 13.7. The topological polar surface area (TPSA) is 142 Å². The normalized spacial score (nSPS) is 13.0. The highest BCUT2D eigenvalue weighted by Crippen LogP contribution is 2.36. The summed E-state index contributed by atoms with van der Waals surface area (Å²) in [6.45, 7) is 0.897. The van der Waals surface area contributed by atoms with Crippen LogP contribution >= 0.6 is 11.8 Å². The quantitative estimate of drug-likeness (QED) is 0.142. The van der Waals surface area contributed by atoms with Crippen LogP contribution in [0.4, 0.5) is 18.9 Å². The van der Waals surface area contributed by atoms with Crippen molar-refractivity contribution in [3.63, 3.8) is 0 Å². The summed E-state index contributed by atoms with van der Waals surface area (Å²) in [7, 11) is -10.7. The molecule has 0 spiro atoms. The van der Waals surface area contributed by atoms with Crippen LogP contribution in [0.2, 0.25) is 0 Å². The number of hydrogen-bond donors (Lipinski definition) is 4. The Bertz CT molecular complexity index is 1540. The second-order valence-electron chi connectivity index (χ2n) is 8.99. The number of benzene rings is 3. The number of rotatable bonds is 15. The van der Waals surface area contributed by atoms with Crippen LogP contribution in [0.1, 0.15) is 23.2 Å². The third-order valence-electron chi connectivity index (χ3n) is 5.86. The number of hydrogen-bond acceptors (Lipinski definition) is 9. The van der Waals surface area contributed by atoms with Crippen LogP contribution in [0.25, 0.3) is 0 Å². The number of sulfone groups is 1. The molecule has 4 N–H and O–H groups in total. The average molecular weight is 646 g/mol. The number of carbonyl (C=O) groups excluding carboxylic acids is 1. The van der Waals surface area contributed by atoms with Crippen LogP contribution in [0.5, 0.6) is 0 Å². The van der Waals surface area contributed by atoms with Crippen LogP contribution in [-0.2, 0) is 19.9 Å². The van der Waals surface area contributed by atoms with E-state index in [1.54, 1.807) is 10.8 Å². The molecule has 1 amide bonds. The summed E-state index contributed by atoms with van der Waals surface area (Å²) < 4.78 is 93.9. The van der Waals surface area contributed by atoms with E-state index in [2.05, 4.69) is 10.6 Å². The van der Waals surface area contributed by atoms with Gasteiger partial charge in [-0.25, -0.2) is 21.6 Å². The zero-order chi connectivity index (χ0) is 30.8. The maximum atomic E-state index is 13.7. The third-order valence-corrected chi connectivity index (χ3v) is 9.89. The van der Waals surface area contributed by atoms with Gasteiger partial charge in [0.05, 0.1) is 10.6 Å². The number of alkyl halides is 3. The Morgan fingerprint density at radius 2 is 1.55 bits per heavy atom. The smallest absolute Gasteiger partial charge is 0.396 e. The highest BCUT2D eigenvalue weighted by Gasteiger charge is 2.48. The van der Waals surface area contributed by atoms with Crippen molar-refractivity contribution in [2.45, 2.75) is 39.1 Å². The Morgan fingerprint density at radius 1 is 0.905 bits per heavy atom. The molecule has 0 radical (unpaired) electrons. The van der Waals surface area contributed by atoms with Crippen molar-refractivity contribution < 1.29 is 39.9 Å². The number of aliphatic hydroxyl groups is 1. The molecule has 3 aromatic rings. The van der Waals surface area contributed by atoms with Crippen molar-refractivity contribution in [1.82, 2.24) is 10.0 Å². The standard InChI is InChI=1S/C27H30F3N3O6S3/c28-27(29,30)41(36,37)25-18-23(42(38,39)33-26(35)20-8-3-1-4-9-20)12-13-24(25)32-21(14-16-31-15-7-17-34)19-40-22-10-5-2-6-11-22/h1-6,8-13,18,21,31-32,34H,7,14-17,19H2,(H,33,35). The molecule has 0 aliphatic rings. The van der Waals surface area contributed by atoms with E-state index in [0.717, 1.165) is 17.0 Å². The van der Waals surface area contributed by atoms with Gasteiger partial charge in [0.2, 0.25) is 0 Å². The first-order valence-electron chi connectivity index (χ1n) is 12.7. The lowest BCUT2D eigenvalue weighted by molar-refractivity contribution is -0.0435. The Labute approximate surface area is 246 Å². The number of anilines is 1. The van der Waals surface area contributed by atoms with Gasteiger partial charge in [-0.1, -0.05) is 36.4 Å². The van der Waals surface area contributed by atoms with Crippen LogP contribution in [-0.4, -0.2) is 64.8 Å². The Morgan fingerprint density at radius 3 is 2.17 bits per heavy atom. The van der Waals surface area contributed by atoms with Gasteiger partial charge in [0, 0.05) is 28.9 Å². The minimum Gasteiger partial charge on any atom is -0.396 e. The number of thioether (sulfide) groups is 1. The molecule has 3 aromatic carbocycles. The molecule has 228 valence electrons. The second kappa shape index (κ2) is 14.9. The number of nitrogens with one attached hydrogen (secondary N) is 3. The SMILES string of the molecule is O=C(NS(=O)(=O)c1ccc(NC(CCNCCCO)CSc2ccccc2)c(S(=O)(=O)C(F)(F)F)c1)c1ccccc1. The summed E-state index contributed by atoms with van der Waals surface area (Å²) in [6, 6.07) is 18.2. The van der Waals surface area contributed by atoms with Crippen LogP contribution in [0.15, 0.2) is 93.5 Å². The van der Waals surface area contributed by atoms with Crippen LogP contribution in [0, 0.1) is 0 Å². The van der Waals surface area contributed by atoms with E-state index >= 15 is 0 Å². The summed E-state index contributed by atoms with van der Waals surface area (Å²) >= 11 is 1.40. The zero-order valence-electron chi connectivity index (χ0n) is 22.2. The van der Waals surface area contributed by atoms with Crippen LogP contribution < -0.4 is 15.4 Å². The van der Waals surface area contributed by atoms with Gasteiger partial charge in [-0.2, -0.15) is 13.2 Å². The molecule has 1 unspecified atom stereocenters. The highest BCUT2D eigenvalue weighted by atomic mass is 32.2. The molecule has 42 heavy (non-hydrogen) atoms. The Balaban J connectivity index is 1.94.